The van der Waals surface area contributed by atoms with Crippen molar-refractivity contribution in [3.8, 4) is 0 Å². The molecule has 1 aromatic carbocycles. The molecule has 114 valence electrons. The molecule has 1 aliphatic rings. The number of benzene rings is 1. The number of rotatable bonds is 4. The molecular formula is C14H14BrCl2NO3. The highest BCUT2D eigenvalue weighted by molar-refractivity contribution is 9.10. The van der Waals surface area contributed by atoms with Crippen LogP contribution in [0, 0.1) is 12.3 Å². The summed E-state index contributed by atoms with van der Waals surface area (Å²) in [5.41, 5.74) is 0.642. The van der Waals surface area contributed by atoms with Gasteiger partial charge in [-0.15, -0.1) is 23.2 Å². The Morgan fingerprint density at radius 1 is 1.43 bits per heavy atom. The van der Waals surface area contributed by atoms with Gasteiger partial charge in [0.2, 0.25) is 0 Å². The second-order valence-corrected chi connectivity index (χ2v) is 7.70. The molecular weight excluding hydrogens is 381 g/mol. The quantitative estimate of drug-likeness (QED) is 0.623. The number of hydrogen-bond donors (Lipinski definition) is 1. The van der Waals surface area contributed by atoms with E-state index in [1.165, 1.54) is 0 Å². The summed E-state index contributed by atoms with van der Waals surface area (Å²) in [5.74, 6) is -0.969. The first-order valence-corrected chi connectivity index (χ1v) is 7.82. The molecule has 21 heavy (non-hydrogen) atoms. The van der Waals surface area contributed by atoms with Gasteiger partial charge in [0.25, 0.3) is 5.91 Å². The van der Waals surface area contributed by atoms with Gasteiger partial charge >= 0.3 is 5.97 Å². The third-order valence-electron chi connectivity index (χ3n) is 3.51. The molecule has 0 bridgehead atoms. The van der Waals surface area contributed by atoms with Crippen molar-refractivity contribution in [3.63, 3.8) is 0 Å². The summed E-state index contributed by atoms with van der Waals surface area (Å²) >= 11 is 15.1. The lowest BCUT2D eigenvalue weighted by molar-refractivity contribution is -0.152. The molecule has 1 amide bonds. The van der Waals surface area contributed by atoms with E-state index in [0.717, 1.165) is 10.0 Å². The summed E-state index contributed by atoms with van der Waals surface area (Å²) in [6.07, 6.45) is 0.329. The number of anilines is 1. The Bertz CT molecular complexity index is 606. The standard InChI is InChI=1S/C14H14BrCl2NO3/c1-8-5-9(15)3-4-10(8)18-11(19)6-21-12(20)13(2)7-14(13,16)17/h3-5H,6-7H2,1-2H3,(H,18,19)/t13-/m0/s1. The predicted octanol–water partition coefficient (Wildman–Crippen LogP) is 3.82. The minimum Gasteiger partial charge on any atom is -0.455 e. The van der Waals surface area contributed by atoms with E-state index in [1.807, 2.05) is 19.1 Å². The number of carbonyl (C=O) groups is 2. The molecule has 7 heteroatoms. The van der Waals surface area contributed by atoms with E-state index in [-0.39, 0.29) is 6.61 Å². The Morgan fingerprint density at radius 2 is 2.05 bits per heavy atom. The molecule has 1 fully saturated rings. The molecule has 2 rings (SSSR count). The van der Waals surface area contributed by atoms with E-state index < -0.39 is 21.6 Å². The first-order chi connectivity index (χ1) is 9.65. The van der Waals surface area contributed by atoms with Crippen LogP contribution in [0.1, 0.15) is 18.9 Å². The number of alkyl halides is 2. The molecule has 1 saturated carbocycles. The third kappa shape index (κ3) is 3.52. The summed E-state index contributed by atoms with van der Waals surface area (Å²) in [4.78, 5) is 23.6. The van der Waals surface area contributed by atoms with Crippen molar-refractivity contribution >= 4 is 56.7 Å². The maximum absolute atomic E-state index is 11.8. The number of nitrogens with one attached hydrogen (secondary N) is 1. The largest absolute Gasteiger partial charge is 0.455 e. The van der Waals surface area contributed by atoms with Crippen molar-refractivity contribution in [1.82, 2.24) is 0 Å². The van der Waals surface area contributed by atoms with Gasteiger partial charge < -0.3 is 10.1 Å². The fourth-order valence-electron chi connectivity index (χ4n) is 1.87. The van der Waals surface area contributed by atoms with E-state index in [1.54, 1.807) is 13.0 Å². The van der Waals surface area contributed by atoms with Crippen molar-refractivity contribution in [3.05, 3.63) is 28.2 Å². The summed E-state index contributed by atoms with van der Waals surface area (Å²) in [7, 11) is 0. The number of carbonyl (C=O) groups excluding carboxylic acids is 2. The molecule has 1 aromatic rings. The lowest BCUT2D eigenvalue weighted by Crippen LogP contribution is -2.27. The van der Waals surface area contributed by atoms with Crippen LogP contribution < -0.4 is 5.32 Å². The molecule has 0 heterocycles. The topological polar surface area (TPSA) is 55.4 Å². The summed E-state index contributed by atoms with van der Waals surface area (Å²) in [6.45, 7) is 3.12. The van der Waals surface area contributed by atoms with Gasteiger partial charge in [-0.2, -0.15) is 0 Å². The average Bonchev–Trinajstić information content (AvgIpc) is 2.90. The number of amides is 1. The monoisotopic (exact) mass is 393 g/mol. The second-order valence-electron chi connectivity index (χ2n) is 5.30. The molecule has 0 saturated heterocycles. The fourth-order valence-corrected chi connectivity index (χ4v) is 3.03. The zero-order valence-electron chi connectivity index (χ0n) is 11.5. The van der Waals surface area contributed by atoms with Crippen molar-refractivity contribution in [2.45, 2.75) is 24.6 Å². The minimum atomic E-state index is -1.09. The Kier molecular flexibility index (Phi) is 4.57. The van der Waals surface area contributed by atoms with Crippen LogP contribution in [0.25, 0.3) is 0 Å². The van der Waals surface area contributed by atoms with Crippen LogP contribution in [0.5, 0.6) is 0 Å². The van der Waals surface area contributed by atoms with Crippen LogP contribution in [0.4, 0.5) is 5.69 Å². The fraction of sp³-hybridized carbons (Fsp3) is 0.429. The lowest BCUT2D eigenvalue weighted by atomic mass is 10.1. The smallest absolute Gasteiger partial charge is 0.315 e. The number of ether oxygens (including phenoxy) is 1. The molecule has 1 aliphatic carbocycles. The molecule has 1 N–H and O–H groups in total. The van der Waals surface area contributed by atoms with Crippen molar-refractivity contribution in [2.24, 2.45) is 5.41 Å². The van der Waals surface area contributed by atoms with E-state index in [0.29, 0.717) is 12.1 Å². The van der Waals surface area contributed by atoms with Crippen LogP contribution in [-0.2, 0) is 14.3 Å². The Balaban J connectivity index is 1.87. The van der Waals surface area contributed by atoms with Crippen LogP contribution in [0.2, 0.25) is 0 Å². The first-order valence-electron chi connectivity index (χ1n) is 6.27. The van der Waals surface area contributed by atoms with Gasteiger partial charge in [0.1, 0.15) is 9.75 Å². The maximum atomic E-state index is 11.8. The number of halogens is 3. The number of aryl methyl sites for hydroxylation is 1. The Hall–Kier alpha value is -0.780. The van der Waals surface area contributed by atoms with Crippen LogP contribution in [0.3, 0.4) is 0 Å². The van der Waals surface area contributed by atoms with Gasteiger partial charge in [-0.3, -0.25) is 9.59 Å². The normalized spacial score (nSPS) is 22.5. The van der Waals surface area contributed by atoms with E-state index in [4.69, 9.17) is 27.9 Å². The highest BCUT2D eigenvalue weighted by Crippen LogP contribution is 2.64. The predicted molar refractivity (Wildman–Crippen MR) is 85.6 cm³/mol. The van der Waals surface area contributed by atoms with E-state index in [9.17, 15) is 9.59 Å². The Morgan fingerprint density at radius 3 is 2.57 bits per heavy atom. The van der Waals surface area contributed by atoms with E-state index in [2.05, 4.69) is 21.2 Å². The summed E-state index contributed by atoms with van der Waals surface area (Å²) in [6, 6.07) is 5.46. The molecule has 0 unspecified atom stereocenters. The van der Waals surface area contributed by atoms with E-state index >= 15 is 0 Å². The molecule has 4 nitrogen and oxygen atoms in total. The lowest BCUT2D eigenvalue weighted by Gasteiger charge is -2.12. The highest BCUT2D eigenvalue weighted by atomic mass is 79.9. The highest BCUT2D eigenvalue weighted by Gasteiger charge is 2.69. The van der Waals surface area contributed by atoms with Gasteiger partial charge in [-0.1, -0.05) is 15.9 Å². The zero-order valence-corrected chi connectivity index (χ0v) is 14.6. The first kappa shape index (κ1) is 16.6. The molecule has 0 radical (unpaired) electrons. The van der Waals surface area contributed by atoms with Crippen LogP contribution in [0.15, 0.2) is 22.7 Å². The zero-order chi connectivity index (χ0) is 15.8. The molecule has 0 aromatic heterocycles. The number of hydrogen-bond acceptors (Lipinski definition) is 3. The van der Waals surface area contributed by atoms with Crippen molar-refractivity contribution < 1.29 is 14.3 Å². The van der Waals surface area contributed by atoms with Crippen LogP contribution in [-0.4, -0.2) is 22.8 Å². The van der Waals surface area contributed by atoms with Gasteiger partial charge in [-0.25, -0.2) is 0 Å². The average molecular weight is 395 g/mol. The number of esters is 1. The van der Waals surface area contributed by atoms with Crippen molar-refractivity contribution in [1.29, 1.82) is 0 Å². The SMILES string of the molecule is Cc1cc(Br)ccc1NC(=O)COC(=O)[C@]1(C)CC1(Cl)Cl. The minimum absolute atomic E-state index is 0.329. The maximum Gasteiger partial charge on any atom is 0.315 e. The Labute approximate surface area is 141 Å². The van der Waals surface area contributed by atoms with Gasteiger partial charge in [0.05, 0.1) is 0 Å². The molecule has 0 spiro atoms. The van der Waals surface area contributed by atoms with Crippen LogP contribution >= 0.6 is 39.1 Å². The van der Waals surface area contributed by atoms with Gasteiger partial charge in [-0.05, 0) is 37.6 Å². The summed E-state index contributed by atoms with van der Waals surface area (Å²) in [5, 5.41) is 2.68. The third-order valence-corrected chi connectivity index (χ3v) is 5.10. The molecule has 0 aliphatic heterocycles. The molecule has 1 atom stereocenters. The van der Waals surface area contributed by atoms with Gasteiger partial charge in [0.15, 0.2) is 6.61 Å². The summed E-state index contributed by atoms with van der Waals surface area (Å²) < 4.78 is 4.80. The second kappa shape index (κ2) is 5.78. The van der Waals surface area contributed by atoms with Crippen molar-refractivity contribution in [2.75, 3.05) is 11.9 Å². The van der Waals surface area contributed by atoms with Gasteiger partial charge in [0, 0.05) is 16.6 Å².